The maximum Gasteiger partial charge on any atom is 0.321 e. The number of hydrogen-bond donors (Lipinski definition) is 2. The Labute approximate surface area is 183 Å². The molecule has 0 bridgehead atoms. The Morgan fingerprint density at radius 1 is 1.00 bits per heavy atom. The molecule has 0 aliphatic carbocycles. The summed E-state index contributed by atoms with van der Waals surface area (Å²) < 4.78 is 10.6. The number of rotatable bonds is 6. The van der Waals surface area contributed by atoms with Crippen LogP contribution in [-0.2, 0) is 4.79 Å². The number of anilines is 2. The summed E-state index contributed by atoms with van der Waals surface area (Å²) in [4.78, 5) is 27.2. The Morgan fingerprint density at radius 2 is 1.68 bits per heavy atom. The number of amides is 3. The molecule has 2 N–H and O–H groups in total. The van der Waals surface area contributed by atoms with Crippen LogP contribution >= 0.6 is 0 Å². The molecule has 31 heavy (non-hydrogen) atoms. The molecule has 7 heteroatoms. The molecule has 1 aliphatic heterocycles. The number of benzene rings is 2. The molecule has 0 unspecified atom stereocenters. The maximum atomic E-state index is 12.8. The summed E-state index contributed by atoms with van der Waals surface area (Å²) in [5.41, 5.74) is 2.56. The Kier molecular flexibility index (Phi) is 7.39. The topological polar surface area (TPSA) is 79.9 Å². The van der Waals surface area contributed by atoms with E-state index in [2.05, 4.69) is 10.6 Å². The molecular formula is C24H31N3O4. The number of methoxy groups -OCH3 is 2. The van der Waals surface area contributed by atoms with E-state index < -0.39 is 0 Å². The predicted octanol–water partition coefficient (Wildman–Crippen LogP) is 4.53. The summed E-state index contributed by atoms with van der Waals surface area (Å²) in [6.07, 6.45) is 1.57. The molecule has 1 heterocycles. The zero-order valence-electron chi connectivity index (χ0n) is 18.6. The first kappa shape index (κ1) is 22.5. The van der Waals surface area contributed by atoms with Gasteiger partial charge in [0.2, 0.25) is 5.91 Å². The van der Waals surface area contributed by atoms with E-state index in [0.717, 1.165) is 24.1 Å². The standard InChI is InChI=1S/C24H31N3O4/c1-16-5-7-19(8-6-16)25-24(29)27-13-11-18(12-14-27)17(2)23(28)26-21-10-9-20(30-3)15-22(21)31-4/h5-10,15,17-18H,11-14H2,1-4H3,(H,25,29)(H,26,28)/t17-/m1/s1. The van der Waals surface area contributed by atoms with Gasteiger partial charge in [-0.25, -0.2) is 4.79 Å². The maximum absolute atomic E-state index is 12.8. The molecule has 1 fully saturated rings. The highest BCUT2D eigenvalue weighted by atomic mass is 16.5. The van der Waals surface area contributed by atoms with Gasteiger partial charge in [0.1, 0.15) is 11.5 Å². The average molecular weight is 426 g/mol. The molecule has 166 valence electrons. The van der Waals surface area contributed by atoms with Gasteiger partial charge >= 0.3 is 6.03 Å². The van der Waals surface area contributed by atoms with Crippen molar-refractivity contribution in [1.29, 1.82) is 0 Å². The molecule has 3 amide bonds. The summed E-state index contributed by atoms with van der Waals surface area (Å²) in [7, 11) is 3.15. The van der Waals surface area contributed by atoms with Crippen LogP contribution in [0.4, 0.5) is 16.2 Å². The van der Waals surface area contributed by atoms with Crippen molar-refractivity contribution in [3.05, 3.63) is 48.0 Å². The third-order valence-corrected chi connectivity index (χ3v) is 5.92. The highest BCUT2D eigenvalue weighted by molar-refractivity contribution is 5.94. The molecule has 7 nitrogen and oxygen atoms in total. The number of likely N-dealkylation sites (tertiary alicyclic amines) is 1. The lowest BCUT2D eigenvalue weighted by Gasteiger charge is -2.34. The number of ether oxygens (including phenoxy) is 2. The van der Waals surface area contributed by atoms with Crippen LogP contribution in [0.15, 0.2) is 42.5 Å². The summed E-state index contributed by atoms with van der Waals surface area (Å²) in [6.45, 7) is 5.22. The van der Waals surface area contributed by atoms with Crippen molar-refractivity contribution >= 4 is 23.3 Å². The largest absolute Gasteiger partial charge is 0.497 e. The number of nitrogens with zero attached hydrogens (tertiary/aromatic N) is 1. The van der Waals surface area contributed by atoms with Gasteiger partial charge in [0, 0.05) is 30.8 Å². The molecule has 2 aromatic carbocycles. The SMILES string of the molecule is COc1ccc(NC(=O)[C@H](C)C2CCN(C(=O)Nc3ccc(C)cc3)CC2)c(OC)c1. The Balaban J connectivity index is 1.52. The highest BCUT2D eigenvalue weighted by Crippen LogP contribution is 2.31. The van der Waals surface area contributed by atoms with E-state index in [1.165, 1.54) is 0 Å². The Morgan fingerprint density at radius 3 is 2.29 bits per heavy atom. The van der Waals surface area contributed by atoms with Crippen molar-refractivity contribution in [2.24, 2.45) is 11.8 Å². The number of urea groups is 1. The zero-order valence-corrected chi connectivity index (χ0v) is 18.6. The molecule has 3 rings (SSSR count). The van der Waals surface area contributed by atoms with Gasteiger partial charge in [-0.1, -0.05) is 24.6 Å². The molecule has 0 aromatic heterocycles. The van der Waals surface area contributed by atoms with Crippen LogP contribution in [0.1, 0.15) is 25.3 Å². The molecule has 2 aromatic rings. The number of piperidine rings is 1. The van der Waals surface area contributed by atoms with E-state index >= 15 is 0 Å². The second-order valence-electron chi connectivity index (χ2n) is 7.96. The van der Waals surface area contributed by atoms with Crippen LogP contribution in [0.2, 0.25) is 0 Å². The Bertz CT molecular complexity index is 906. The first-order chi connectivity index (χ1) is 14.9. The number of hydrogen-bond acceptors (Lipinski definition) is 4. The van der Waals surface area contributed by atoms with E-state index in [0.29, 0.717) is 30.3 Å². The summed E-state index contributed by atoms with van der Waals surface area (Å²) >= 11 is 0. The predicted molar refractivity (Wildman–Crippen MR) is 122 cm³/mol. The number of carbonyl (C=O) groups excluding carboxylic acids is 2. The van der Waals surface area contributed by atoms with Gasteiger partial charge < -0.3 is 25.0 Å². The lowest BCUT2D eigenvalue weighted by molar-refractivity contribution is -0.121. The monoisotopic (exact) mass is 425 g/mol. The molecule has 1 saturated heterocycles. The normalized spacial score (nSPS) is 15.2. The van der Waals surface area contributed by atoms with Crippen LogP contribution < -0.4 is 20.1 Å². The van der Waals surface area contributed by atoms with E-state index in [1.807, 2.05) is 43.0 Å². The van der Waals surface area contributed by atoms with Gasteiger partial charge in [-0.15, -0.1) is 0 Å². The van der Waals surface area contributed by atoms with Gasteiger partial charge in [0.25, 0.3) is 0 Å². The first-order valence-corrected chi connectivity index (χ1v) is 10.6. The fourth-order valence-corrected chi connectivity index (χ4v) is 3.80. The van der Waals surface area contributed by atoms with Gasteiger partial charge in [-0.05, 0) is 49.9 Å². The average Bonchev–Trinajstić information content (AvgIpc) is 2.80. The second kappa shape index (κ2) is 10.2. The lowest BCUT2D eigenvalue weighted by Crippen LogP contribution is -2.43. The molecule has 0 radical (unpaired) electrons. The van der Waals surface area contributed by atoms with Crippen LogP contribution in [0.5, 0.6) is 11.5 Å². The summed E-state index contributed by atoms with van der Waals surface area (Å²) in [6, 6.07) is 13.0. The molecule has 1 atom stereocenters. The first-order valence-electron chi connectivity index (χ1n) is 10.6. The minimum atomic E-state index is -0.172. The van der Waals surface area contributed by atoms with Crippen molar-refractivity contribution < 1.29 is 19.1 Å². The van der Waals surface area contributed by atoms with E-state index in [-0.39, 0.29) is 23.8 Å². The van der Waals surface area contributed by atoms with Crippen molar-refractivity contribution in [2.75, 3.05) is 37.9 Å². The Hall–Kier alpha value is -3.22. The van der Waals surface area contributed by atoms with Crippen LogP contribution in [0, 0.1) is 18.8 Å². The van der Waals surface area contributed by atoms with Crippen molar-refractivity contribution in [2.45, 2.75) is 26.7 Å². The second-order valence-corrected chi connectivity index (χ2v) is 7.96. The molecular weight excluding hydrogens is 394 g/mol. The highest BCUT2D eigenvalue weighted by Gasteiger charge is 2.30. The van der Waals surface area contributed by atoms with Crippen LogP contribution in [-0.4, -0.2) is 44.1 Å². The number of nitrogens with one attached hydrogen (secondary N) is 2. The van der Waals surface area contributed by atoms with Gasteiger partial charge in [-0.3, -0.25) is 4.79 Å². The lowest BCUT2D eigenvalue weighted by atomic mass is 9.85. The van der Waals surface area contributed by atoms with Gasteiger partial charge in [-0.2, -0.15) is 0 Å². The van der Waals surface area contributed by atoms with Crippen LogP contribution in [0.3, 0.4) is 0 Å². The fourth-order valence-electron chi connectivity index (χ4n) is 3.80. The van der Waals surface area contributed by atoms with Gasteiger partial charge in [0.05, 0.1) is 19.9 Å². The third-order valence-electron chi connectivity index (χ3n) is 5.92. The quantitative estimate of drug-likeness (QED) is 0.713. The minimum absolute atomic E-state index is 0.0500. The number of aryl methyl sites for hydroxylation is 1. The van der Waals surface area contributed by atoms with E-state index in [4.69, 9.17) is 9.47 Å². The summed E-state index contributed by atoms with van der Waals surface area (Å²) in [5, 5.41) is 5.91. The van der Waals surface area contributed by atoms with Crippen molar-refractivity contribution in [3.63, 3.8) is 0 Å². The molecule has 0 saturated carbocycles. The van der Waals surface area contributed by atoms with Crippen molar-refractivity contribution in [3.8, 4) is 11.5 Å². The third kappa shape index (κ3) is 5.69. The van der Waals surface area contributed by atoms with E-state index in [1.54, 1.807) is 32.4 Å². The van der Waals surface area contributed by atoms with Crippen molar-refractivity contribution in [1.82, 2.24) is 4.90 Å². The van der Waals surface area contributed by atoms with Gasteiger partial charge in [0.15, 0.2) is 0 Å². The summed E-state index contributed by atoms with van der Waals surface area (Å²) in [5.74, 6) is 1.22. The zero-order chi connectivity index (χ0) is 22.4. The van der Waals surface area contributed by atoms with Crippen LogP contribution in [0.25, 0.3) is 0 Å². The number of carbonyl (C=O) groups is 2. The van der Waals surface area contributed by atoms with E-state index in [9.17, 15) is 9.59 Å². The minimum Gasteiger partial charge on any atom is -0.497 e. The smallest absolute Gasteiger partial charge is 0.321 e. The molecule has 1 aliphatic rings. The molecule has 0 spiro atoms. The fraction of sp³-hybridized carbons (Fsp3) is 0.417.